The SMILES string of the molecule is CCN(C)C(=O)CS(=O)(=O)Cc1ccn(-c2ccccc2)n1. The van der Waals surface area contributed by atoms with Gasteiger partial charge in [0, 0.05) is 19.8 Å². The Morgan fingerprint density at radius 2 is 1.91 bits per heavy atom. The molecule has 0 atom stereocenters. The molecule has 1 heterocycles. The van der Waals surface area contributed by atoms with Crippen molar-refractivity contribution in [2.24, 2.45) is 0 Å². The molecule has 118 valence electrons. The third-order valence-electron chi connectivity index (χ3n) is 3.28. The van der Waals surface area contributed by atoms with Gasteiger partial charge >= 0.3 is 0 Å². The van der Waals surface area contributed by atoms with E-state index in [1.165, 1.54) is 4.90 Å². The van der Waals surface area contributed by atoms with Crippen molar-refractivity contribution in [3.8, 4) is 5.69 Å². The first-order chi connectivity index (χ1) is 10.4. The summed E-state index contributed by atoms with van der Waals surface area (Å²) in [5.41, 5.74) is 1.28. The molecule has 6 nitrogen and oxygen atoms in total. The summed E-state index contributed by atoms with van der Waals surface area (Å²) in [4.78, 5) is 13.1. The number of para-hydroxylation sites is 1. The standard InChI is InChI=1S/C15H19N3O3S/c1-3-17(2)15(19)12-22(20,21)11-13-9-10-18(16-13)14-7-5-4-6-8-14/h4-10H,3,11-12H2,1-2H3. The molecule has 2 rings (SSSR count). The van der Waals surface area contributed by atoms with Crippen molar-refractivity contribution in [1.82, 2.24) is 14.7 Å². The van der Waals surface area contributed by atoms with Crippen LogP contribution in [0, 0.1) is 0 Å². The Hall–Kier alpha value is -2.15. The minimum atomic E-state index is -3.52. The number of nitrogens with zero attached hydrogens (tertiary/aromatic N) is 3. The topological polar surface area (TPSA) is 72.3 Å². The molecule has 0 saturated carbocycles. The van der Waals surface area contributed by atoms with Crippen molar-refractivity contribution >= 4 is 15.7 Å². The van der Waals surface area contributed by atoms with Crippen LogP contribution in [0.1, 0.15) is 12.6 Å². The predicted octanol–water partition coefficient (Wildman–Crippen LogP) is 1.27. The molecule has 0 N–H and O–H groups in total. The molecule has 1 amide bonds. The van der Waals surface area contributed by atoms with Crippen molar-refractivity contribution in [2.45, 2.75) is 12.7 Å². The molecule has 22 heavy (non-hydrogen) atoms. The number of carbonyl (C=O) groups is 1. The van der Waals surface area contributed by atoms with Crippen molar-refractivity contribution in [3.05, 3.63) is 48.3 Å². The number of hydrogen-bond acceptors (Lipinski definition) is 4. The number of sulfone groups is 1. The van der Waals surface area contributed by atoms with Gasteiger partial charge in [-0.05, 0) is 25.1 Å². The molecule has 0 aliphatic rings. The van der Waals surface area contributed by atoms with Gasteiger partial charge in [0.15, 0.2) is 9.84 Å². The molecule has 0 radical (unpaired) electrons. The lowest BCUT2D eigenvalue weighted by Crippen LogP contribution is -2.32. The van der Waals surface area contributed by atoms with E-state index in [-0.39, 0.29) is 5.75 Å². The number of rotatable bonds is 6. The zero-order valence-electron chi connectivity index (χ0n) is 12.6. The van der Waals surface area contributed by atoms with Crippen LogP contribution in [-0.4, -0.2) is 48.4 Å². The van der Waals surface area contributed by atoms with Gasteiger partial charge in [-0.15, -0.1) is 0 Å². The lowest BCUT2D eigenvalue weighted by Gasteiger charge is -2.13. The van der Waals surface area contributed by atoms with Crippen LogP contribution >= 0.6 is 0 Å². The first-order valence-electron chi connectivity index (χ1n) is 6.95. The van der Waals surface area contributed by atoms with Crippen LogP contribution < -0.4 is 0 Å². The maximum absolute atomic E-state index is 12.1. The Kier molecular flexibility index (Phi) is 4.97. The molecule has 0 fully saturated rings. The summed E-state index contributed by atoms with van der Waals surface area (Å²) in [5.74, 6) is -1.13. The number of hydrogen-bond donors (Lipinski definition) is 0. The van der Waals surface area contributed by atoms with Crippen LogP contribution in [0.2, 0.25) is 0 Å². The second-order valence-corrected chi connectivity index (χ2v) is 7.09. The van der Waals surface area contributed by atoms with Crippen LogP contribution in [-0.2, 0) is 20.4 Å². The summed E-state index contributed by atoms with van der Waals surface area (Å²) in [6, 6.07) is 11.1. The predicted molar refractivity (Wildman–Crippen MR) is 84.4 cm³/mol. The largest absolute Gasteiger partial charge is 0.345 e. The van der Waals surface area contributed by atoms with Gasteiger partial charge in [0.05, 0.1) is 17.1 Å². The van der Waals surface area contributed by atoms with E-state index in [4.69, 9.17) is 0 Å². The van der Waals surface area contributed by atoms with E-state index in [0.717, 1.165) is 5.69 Å². The number of amides is 1. The Morgan fingerprint density at radius 3 is 2.55 bits per heavy atom. The molecule has 1 aromatic carbocycles. The molecule has 1 aromatic heterocycles. The van der Waals surface area contributed by atoms with E-state index >= 15 is 0 Å². The third-order valence-corrected chi connectivity index (χ3v) is 4.70. The first-order valence-corrected chi connectivity index (χ1v) is 8.78. The molecule has 0 unspecified atom stereocenters. The first kappa shape index (κ1) is 16.2. The van der Waals surface area contributed by atoms with E-state index in [9.17, 15) is 13.2 Å². The average Bonchev–Trinajstić information content (AvgIpc) is 2.94. The van der Waals surface area contributed by atoms with Crippen LogP contribution in [0.15, 0.2) is 42.6 Å². The van der Waals surface area contributed by atoms with E-state index in [2.05, 4.69) is 5.10 Å². The third kappa shape index (κ3) is 4.17. The van der Waals surface area contributed by atoms with Crippen molar-refractivity contribution in [1.29, 1.82) is 0 Å². The highest BCUT2D eigenvalue weighted by atomic mass is 32.2. The zero-order valence-corrected chi connectivity index (χ0v) is 13.5. The summed E-state index contributed by atoms with van der Waals surface area (Å²) in [5, 5.41) is 4.25. The van der Waals surface area contributed by atoms with Crippen LogP contribution in [0.25, 0.3) is 5.69 Å². The summed E-state index contributed by atoms with van der Waals surface area (Å²) in [6.07, 6.45) is 1.71. The molecular formula is C15H19N3O3S. The molecule has 0 aliphatic heterocycles. The maximum Gasteiger partial charge on any atom is 0.237 e. The fraction of sp³-hybridized carbons (Fsp3) is 0.333. The van der Waals surface area contributed by atoms with E-state index in [1.807, 2.05) is 30.3 Å². The molecule has 2 aromatic rings. The smallest absolute Gasteiger partial charge is 0.237 e. The molecule has 0 aliphatic carbocycles. The lowest BCUT2D eigenvalue weighted by molar-refractivity contribution is -0.126. The molecular weight excluding hydrogens is 302 g/mol. The van der Waals surface area contributed by atoms with Gasteiger partial charge in [0.1, 0.15) is 5.75 Å². The highest BCUT2D eigenvalue weighted by Gasteiger charge is 2.20. The van der Waals surface area contributed by atoms with Gasteiger partial charge in [-0.3, -0.25) is 4.79 Å². The van der Waals surface area contributed by atoms with Gasteiger partial charge < -0.3 is 4.90 Å². The monoisotopic (exact) mass is 321 g/mol. The summed E-state index contributed by atoms with van der Waals surface area (Å²) in [6.45, 7) is 2.28. The minimum absolute atomic E-state index is 0.240. The molecule has 0 saturated heterocycles. The molecule has 0 bridgehead atoms. The number of benzene rings is 1. The van der Waals surface area contributed by atoms with Gasteiger partial charge in [-0.1, -0.05) is 18.2 Å². The summed E-state index contributed by atoms with van der Waals surface area (Å²) >= 11 is 0. The van der Waals surface area contributed by atoms with E-state index in [1.54, 1.807) is 30.9 Å². The highest BCUT2D eigenvalue weighted by Crippen LogP contribution is 2.10. The average molecular weight is 321 g/mol. The minimum Gasteiger partial charge on any atom is -0.345 e. The van der Waals surface area contributed by atoms with Gasteiger partial charge in [-0.25, -0.2) is 13.1 Å². The summed E-state index contributed by atoms with van der Waals surface area (Å²) in [7, 11) is -1.94. The zero-order chi connectivity index (χ0) is 16.2. The Bertz CT molecular complexity index is 738. The van der Waals surface area contributed by atoms with E-state index in [0.29, 0.717) is 12.2 Å². The molecule has 0 spiro atoms. The van der Waals surface area contributed by atoms with Gasteiger partial charge in [-0.2, -0.15) is 5.10 Å². The van der Waals surface area contributed by atoms with Gasteiger partial charge in [0.2, 0.25) is 5.91 Å². The van der Waals surface area contributed by atoms with Crippen LogP contribution in [0.4, 0.5) is 0 Å². The van der Waals surface area contributed by atoms with Crippen LogP contribution in [0.3, 0.4) is 0 Å². The van der Waals surface area contributed by atoms with Crippen LogP contribution in [0.5, 0.6) is 0 Å². The Labute approximate surface area is 130 Å². The fourth-order valence-corrected chi connectivity index (χ4v) is 3.22. The van der Waals surface area contributed by atoms with E-state index < -0.39 is 21.5 Å². The number of carbonyl (C=O) groups excluding carboxylic acids is 1. The maximum atomic E-state index is 12.1. The molecule has 7 heteroatoms. The Morgan fingerprint density at radius 1 is 1.23 bits per heavy atom. The fourth-order valence-electron chi connectivity index (χ4n) is 1.91. The van der Waals surface area contributed by atoms with Gasteiger partial charge in [0.25, 0.3) is 0 Å². The lowest BCUT2D eigenvalue weighted by atomic mass is 10.3. The second-order valence-electron chi connectivity index (χ2n) is 5.03. The second kappa shape index (κ2) is 6.74. The normalized spacial score (nSPS) is 11.4. The van der Waals surface area contributed by atoms with Crippen molar-refractivity contribution < 1.29 is 13.2 Å². The number of aromatic nitrogens is 2. The van der Waals surface area contributed by atoms with Crippen molar-refractivity contribution in [3.63, 3.8) is 0 Å². The van der Waals surface area contributed by atoms with Crippen molar-refractivity contribution in [2.75, 3.05) is 19.3 Å². The quantitative estimate of drug-likeness (QED) is 0.803. The Balaban J connectivity index is 2.08. The highest BCUT2D eigenvalue weighted by molar-refractivity contribution is 7.91. The summed E-state index contributed by atoms with van der Waals surface area (Å²) < 4.78 is 25.8.